The molecule has 12 heteroatoms. The second-order valence-electron chi connectivity index (χ2n) is 14.3. The Hall–Kier alpha value is -4.68. The van der Waals surface area contributed by atoms with Gasteiger partial charge in [0, 0.05) is 42.4 Å². The molecule has 0 N–H and O–H groups in total. The van der Waals surface area contributed by atoms with Crippen LogP contribution in [0.25, 0.3) is 0 Å². The molecule has 4 aliphatic heterocycles. The van der Waals surface area contributed by atoms with E-state index in [1.807, 2.05) is 36.1 Å². The second kappa shape index (κ2) is 15.6. The molecular weight excluding hydrogens is 721 g/mol. The number of hydrogen-bond donors (Lipinski definition) is 0. The van der Waals surface area contributed by atoms with E-state index in [2.05, 4.69) is 50.5 Å². The number of fused-ring (bicyclic) bond motifs is 4. The third kappa shape index (κ3) is 7.38. The summed E-state index contributed by atoms with van der Waals surface area (Å²) in [6.07, 6.45) is 11.5. The van der Waals surface area contributed by atoms with Crippen LogP contribution in [0.2, 0.25) is 0 Å². The lowest BCUT2D eigenvalue weighted by Crippen LogP contribution is -2.35. The highest BCUT2D eigenvalue weighted by atomic mass is 33.1. The second-order valence-corrected chi connectivity index (χ2v) is 17.3. The van der Waals surface area contributed by atoms with Crippen molar-refractivity contribution >= 4 is 57.2 Å². The molecule has 0 radical (unpaired) electrons. The van der Waals surface area contributed by atoms with Crippen molar-refractivity contribution in [3.63, 3.8) is 0 Å². The predicted octanol–water partition coefficient (Wildman–Crippen LogP) is 8.86. The van der Waals surface area contributed by atoms with Gasteiger partial charge < -0.3 is 28.7 Å². The van der Waals surface area contributed by atoms with E-state index < -0.39 is 0 Å². The van der Waals surface area contributed by atoms with Crippen LogP contribution in [-0.2, 0) is 18.0 Å². The molecule has 7 rings (SSSR count). The Morgan fingerprint density at radius 3 is 1.59 bits per heavy atom. The molecule has 0 aromatic heterocycles. The number of allylic oxidation sites excluding steroid dienone is 2. The van der Waals surface area contributed by atoms with Crippen molar-refractivity contribution in [1.29, 1.82) is 0 Å². The Bertz CT molecular complexity index is 1970. The van der Waals surface area contributed by atoms with E-state index in [4.69, 9.17) is 28.9 Å². The van der Waals surface area contributed by atoms with Gasteiger partial charge in [-0.05, 0) is 81.7 Å². The highest BCUT2D eigenvalue weighted by molar-refractivity contribution is 8.76. The van der Waals surface area contributed by atoms with Gasteiger partial charge in [-0.1, -0.05) is 57.0 Å². The summed E-state index contributed by atoms with van der Waals surface area (Å²) in [5, 5.41) is 0. The molecule has 0 aliphatic carbocycles. The highest BCUT2D eigenvalue weighted by Crippen LogP contribution is 2.44. The summed E-state index contributed by atoms with van der Waals surface area (Å²) >= 11 is 0. The fourth-order valence-electron chi connectivity index (χ4n) is 7.39. The first kappa shape index (κ1) is 37.6. The molecule has 282 valence electrons. The van der Waals surface area contributed by atoms with Gasteiger partial charge in [-0.15, -0.1) is 0 Å². The number of ether oxygens (including phenoxy) is 4. The number of nitrogens with zero attached hydrogens (tertiary/aromatic N) is 4. The summed E-state index contributed by atoms with van der Waals surface area (Å²) in [6, 6.07) is 13.3. The van der Waals surface area contributed by atoms with Crippen LogP contribution in [0.4, 0.5) is 11.4 Å². The topological polar surface area (TPSA) is 102 Å². The lowest BCUT2D eigenvalue weighted by Gasteiger charge is -2.25. The van der Waals surface area contributed by atoms with Gasteiger partial charge in [0.15, 0.2) is 23.0 Å². The minimum absolute atomic E-state index is 0.0621. The molecule has 3 aromatic carbocycles. The first-order chi connectivity index (χ1) is 26.0. The van der Waals surface area contributed by atoms with Crippen LogP contribution in [0.5, 0.6) is 23.0 Å². The van der Waals surface area contributed by atoms with Gasteiger partial charge in [0.2, 0.25) is 0 Å². The van der Waals surface area contributed by atoms with Crippen LogP contribution in [0, 0.1) is 0 Å². The molecular formula is C42H46N4O6S2. The van der Waals surface area contributed by atoms with E-state index in [1.165, 1.54) is 11.1 Å². The highest BCUT2D eigenvalue weighted by Gasteiger charge is 2.36. The lowest BCUT2D eigenvalue weighted by molar-refractivity contribution is 0.0769. The lowest BCUT2D eigenvalue weighted by atomic mass is 9.97. The molecule has 2 fully saturated rings. The number of amides is 2. The Morgan fingerprint density at radius 2 is 1.19 bits per heavy atom. The van der Waals surface area contributed by atoms with E-state index in [9.17, 15) is 9.59 Å². The maximum absolute atomic E-state index is 13.6. The summed E-state index contributed by atoms with van der Waals surface area (Å²) in [7, 11) is 6.65. The Morgan fingerprint density at radius 1 is 0.722 bits per heavy atom. The van der Waals surface area contributed by atoms with E-state index >= 15 is 0 Å². The number of carbonyl (C=O) groups is 2. The van der Waals surface area contributed by atoms with Crippen LogP contribution < -0.4 is 18.9 Å². The van der Waals surface area contributed by atoms with E-state index in [-0.39, 0.29) is 41.9 Å². The van der Waals surface area contributed by atoms with Gasteiger partial charge >= 0.3 is 0 Å². The van der Waals surface area contributed by atoms with Crippen LogP contribution in [0.15, 0.2) is 75.7 Å². The molecule has 2 atom stereocenters. The van der Waals surface area contributed by atoms with Crippen LogP contribution in [-0.4, -0.2) is 79.7 Å². The fourth-order valence-corrected chi connectivity index (χ4v) is 9.55. The molecule has 54 heavy (non-hydrogen) atoms. The monoisotopic (exact) mass is 766 g/mol. The number of hydrogen-bond acceptors (Lipinski definition) is 10. The van der Waals surface area contributed by atoms with Crippen molar-refractivity contribution < 1.29 is 28.5 Å². The van der Waals surface area contributed by atoms with Gasteiger partial charge in [0.05, 0.1) is 48.8 Å². The van der Waals surface area contributed by atoms with Gasteiger partial charge in [-0.25, -0.2) is 0 Å². The van der Waals surface area contributed by atoms with E-state index in [0.717, 1.165) is 29.5 Å². The Labute approximate surface area is 325 Å². The number of benzene rings is 3. The third-order valence-corrected chi connectivity index (χ3v) is 13.0. The van der Waals surface area contributed by atoms with Crippen molar-refractivity contribution in [2.45, 2.75) is 70.6 Å². The normalized spacial score (nSPS) is 20.4. The van der Waals surface area contributed by atoms with Gasteiger partial charge in [0.25, 0.3) is 11.8 Å². The zero-order valence-corrected chi connectivity index (χ0v) is 33.4. The summed E-state index contributed by atoms with van der Waals surface area (Å²) in [6.45, 7) is 10.1. The van der Waals surface area contributed by atoms with Gasteiger partial charge in [-0.2, -0.15) is 0 Å². The smallest absolute Gasteiger partial charge is 0.257 e. The molecule has 4 aliphatic rings. The maximum atomic E-state index is 13.6. The minimum Gasteiger partial charge on any atom is -0.493 e. The SMILES string of the molecule is CC=C1C[C@H]2C=Nc3cc(OCc4cc(COc5cc6c(cc5OC)C(=O)N5CC(=CC)C[C@H]5C=N6)cc(C(C)(C)SSC)c4)c(OC)cc3C(=O)N2C1. The van der Waals surface area contributed by atoms with Gasteiger partial charge in [-0.3, -0.25) is 19.6 Å². The molecule has 0 unspecified atom stereocenters. The molecule has 0 spiro atoms. The minimum atomic E-state index is -0.210. The zero-order valence-electron chi connectivity index (χ0n) is 31.8. The summed E-state index contributed by atoms with van der Waals surface area (Å²) in [5.74, 6) is 1.83. The average molecular weight is 767 g/mol. The third-order valence-electron chi connectivity index (χ3n) is 10.5. The summed E-state index contributed by atoms with van der Waals surface area (Å²) in [4.78, 5) is 40.4. The summed E-state index contributed by atoms with van der Waals surface area (Å²) < 4.78 is 24.1. The van der Waals surface area contributed by atoms with Crippen molar-refractivity contribution in [3.05, 3.63) is 93.6 Å². The quantitative estimate of drug-likeness (QED) is 0.141. The Balaban J connectivity index is 1.14. The molecule has 10 nitrogen and oxygen atoms in total. The van der Waals surface area contributed by atoms with Gasteiger partial charge in [0.1, 0.15) is 13.2 Å². The molecule has 2 saturated heterocycles. The predicted molar refractivity (Wildman–Crippen MR) is 218 cm³/mol. The van der Waals surface area contributed by atoms with Crippen molar-refractivity contribution in [2.75, 3.05) is 33.6 Å². The standard InChI is InChI=1S/C42H46N4O6S2/c1-8-25-13-30-19-43-34-17-38(36(49-5)15-32(34)40(47)45(30)21-25)51-23-27-10-28(12-29(11-27)42(3,4)54-53-7)24-52-39-18-35-33(16-37(39)50-6)41(48)46-22-26(9-2)14-31(46)20-44-35/h8-12,15-20,30-31H,13-14,21-24H2,1-7H3/t30-,31-/m0/s1. The Kier molecular flexibility index (Phi) is 10.9. The number of aliphatic imine (C=N–C) groups is 2. The van der Waals surface area contributed by atoms with Crippen LogP contribution in [0.3, 0.4) is 0 Å². The number of methoxy groups -OCH3 is 2. The molecule has 3 aromatic rings. The van der Waals surface area contributed by atoms with Crippen LogP contribution in [0.1, 0.15) is 77.9 Å². The van der Waals surface area contributed by atoms with Crippen molar-refractivity contribution in [3.8, 4) is 23.0 Å². The van der Waals surface area contributed by atoms with E-state index in [1.54, 1.807) is 60.1 Å². The largest absolute Gasteiger partial charge is 0.493 e. The van der Waals surface area contributed by atoms with Crippen LogP contribution >= 0.6 is 21.6 Å². The van der Waals surface area contributed by atoms with E-state index in [0.29, 0.717) is 58.6 Å². The molecule has 0 saturated carbocycles. The van der Waals surface area contributed by atoms with Crippen molar-refractivity contribution in [2.24, 2.45) is 9.98 Å². The summed E-state index contributed by atoms with van der Waals surface area (Å²) in [5.41, 5.74) is 7.60. The average Bonchev–Trinajstić information content (AvgIpc) is 3.75. The molecule has 2 amide bonds. The fraction of sp³-hybridized carbons (Fsp3) is 0.381. The zero-order chi connectivity index (χ0) is 38.1. The molecule has 4 heterocycles. The first-order valence-corrected chi connectivity index (χ1v) is 20.6. The molecule has 0 bridgehead atoms. The number of carbonyl (C=O) groups excluding carboxylic acids is 2. The first-order valence-electron chi connectivity index (χ1n) is 18.1. The van der Waals surface area contributed by atoms with Crippen molar-refractivity contribution in [1.82, 2.24) is 9.80 Å². The number of rotatable bonds is 11. The maximum Gasteiger partial charge on any atom is 0.257 e.